The molecule has 1 aromatic carbocycles. The van der Waals surface area contributed by atoms with E-state index < -0.39 is 0 Å². The summed E-state index contributed by atoms with van der Waals surface area (Å²) in [6.45, 7) is 0. The van der Waals surface area contributed by atoms with E-state index in [1.807, 2.05) is 0 Å². The fourth-order valence-corrected chi connectivity index (χ4v) is 1.64. The zero-order valence-corrected chi connectivity index (χ0v) is 7.35. The molecule has 2 rings (SSSR count). The van der Waals surface area contributed by atoms with Gasteiger partial charge in [0.1, 0.15) is 0 Å². The summed E-state index contributed by atoms with van der Waals surface area (Å²) < 4.78 is 0. The summed E-state index contributed by atoms with van der Waals surface area (Å²) in [4.78, 5) is 1.06. The molecule has 1 saturated carbocycles. The Morgan fingerprint density at radius 2 is 1.73 bits per heavy atom. The molecule has 0 saturated heterocycles. The average Bonchev–Trinajstić information content (AvgIpc) is 1.90. The van der Waals surface area contributed by atoms with Crippen LogP contribution in [0.15, 0.2) is 29.2 Å². The lowest BCUT2D eigenvalue weighted by molar-refractivity contribution is 0.419. The lowest BCUT2D eigenvalue weighted by atomic mass is 9.80. The summed E-state index contributed by atoms with van der Waals surface area (Å²) in [7, 11) is 0. The molecule has 11 heavy (non-hydrogen) atoms. The van der Waals surface area contributed by atoms with Crippen LogP contribution in [0.1, 0.15) is 30.7 Å². The number of thiol groups is 1. The van der Waals surface area contributed by atoms with Crippen molar-refractivity contribution in [1.82, 2.24) is 0 Å². The summed E-state index contributed by atoms with van der Waals surface area (Å²) in [5, 5.41) is 0. The molecule has 0 spiro atoms. The summed E-state index contributed by atoms with van der Waals surface area (Å²) >= 11 is 4.25. The fraction of sp³-hybridized carbons (Fsp3) is 0.400. The molecule has 1 aliphatic rings. The van der Waals surface area contributed by atoms with Gasteiger partial charge in [0, 0.05) is 4.90 Å². The topological polar surface area (TPSA) is 0 Å². The van der Waals surface area contributed by atoms with E-state index in [1.165, 1.54) is 24.8 Å². The second-order valence-corrected chi connectivity index (χ2v) is 3.74. The van der Waals surface area contributed by atoms with E-state index in [1.54, 1.807) is 0 Å². The summed E-state index contributed by atoms with van der Waals surface area (Å²) in [6, 6.07) is 8.56. The van der Waals surface area contributed by atoms with Crippen LogP contribution in [-0.4, -0.2) is 0 Å². The predicted octanol–water partition coefficient (Wildman–Crippen LogP) is 3.24. The standard InChI is InChI=1S/C10H12S/c11-10-6-4-9(5-7-10)8-2-1-3-8/h4-8,11H,1-3H2. The maximum absolute atomic E-state index is 4.25. The molecule has 0 unspecified atom stereocenters. The predicted molar refractivity (Wildman–Crippen MR) is 50.3 cm³/mol. The number of benzene rings is 1. The van der Waals surface area contributed by atoms with Gasteiger partial charge < -0.3 is 0 Å². The second kappa shape index (κ2) is 2.90. The smallest absolute Gasteiger partial charge is 0.00401 e. The van der Waals surface area contributed by atoms with Gasteiger partial charge in [-0.1, -0.05) is 18.6 Å². The van der Waals surface area contributed by atoms with Crippen molar-refractivity contribution < 1.29 is 0 Å². The van der Waals surface area contributed by atoms with Crippen molar-refractivity contribution in [2.45, 2.75) is 30.1 Å². The Kier molecular flexibility index (Phi) is 1.91. The van der Waals surface area contributed by atoms with Gasteiger partial charge in [-0.2, -0.15) is 0 Å². The highest BCUT2D eigenvalue weighted by Crippen LogP contribution is 2.36. The fourth-order valence-electron chi connectivity index (χ4n) is 1.49. The van der Waals surface area contributed by atoms with Crippen molar-refractivity contribution in [3.63, 3.8) is 0 Å². The third kappa shape index (κ3) is 1.43. The van der Waals surface area contributed by atoms with Crippen LogP contribution in [0.3, 0.4) is 0 Å². The van der Waals surface area contributed by atoms with E-state index >= 15 is 0 Å². The zero-order valence-electron chi connectivity index (χ0n) is 6.46. The number of hydrogen-bond acceptors (Lipinski definition) is 1. The normalized spacial score (nSPS) is 17.9. The van der Waals surface area contributed by atoms with Crippen molar-refractivity contribution in [3.8, 4) is 0 Å². The van der Waals surface area contributed by atoms with E-state index in [0.29, 0.717) is 0 Å². The van der Waals surface area contributed by atoms with Crippen LogP contribution in [-0.2, 0) is 0 Å². The first-order chi connectivity index (χ1) is 5.36. The van der Waals surface area contributed by atoms with Gasteiger partial charge in [0.15, 0.2) is 0 Å². The van der Waals surface area contributed by atoms with Crippen LogP contribution in [0.5, 0.6) is 0 Å². The number of hydrogen-bond donors (Lipinski definition) is 1. The molecule has 0 nitrogen and oxygen atoms in total. The SMILES string of the molecule is Sc1ccc(C2CCC2)cc1. The lowest BCUT2D eigenvalue weighted by Gasteiger charge is -2.25. The Bertz CT molecular complexity index is 234. The first-order valence-electron chi connectivity index (χ1n) is 4.15. The molecule has 0 radical (unpaired) electrons. The minimum Gasteiger partial charge on any atom is -0.143 e. The number of rotatable bonds is 1. The van der Waals surface area contributed by atoms with Gasteiger partial charge in [0.2, 0.25) is 0 Å². The van der Waals surface area contributed by atoms with Crippen LogP contribution < -0.4 is 0 Å². The highest BCUT2D eigenvalue weighted by molar-refractivity contribution is 7.80. The molecule has 0 atom stereocenters. The molecule has 1 fully saturated rings. The molecule has 1 heteroatoms. The minimum absolute atomic E-state index is 0.851. The molecular formula is C10H12S. The summed E-state index contributed by atoms with van der Waals surface area (Å²) in [6.07, 6.45) is 4.17. The molecule has 0 bridgehead atoms. The van der Waals surface area contributed by atoms with E-state index in [0.717, 1.165) is 10.8 Å². The van der Waals surface area contributed by atoms with Crippen LogP contribution >= 0.6 is 12.6 Å². The molecule has 0 aliphatic heterocycles. The maximum atomic E-state index is 4.25. The van der Waals surface area contributed by atoms with Crippen LogP contribution in [0.2, 0.25) is 0 Å². The monoisotopic (exact) mass is 164 g/mol. The van der Waals surface area contributed by atoms with E-state index in [-0.39, 0.29) is 0 Å². The van der Waals surface area contributed by atoms with Gasteiger partial charge in [0.25, 0.3) is 0 Å². The van der Waals surface area contributed by atoms with Crippen molar-refractivity contribution in [3.05, 3.63) is 29.8 Å². The maximum Gasteiger partial charge on any atom is 0.00401 e. The highest BCUT2D eigenvalue weighted by atomic mass is 32.1. The van der Waals surface area contributed by atoms with Gasteiger partial charge in [-0.15, -0.1) is 12.6 Å². The largest absolute Gasteiger partial charge is 0.143 e. The molecule has 1 aromatic rings. The van der Waals surface area contributed by atoms with E-state index in [9.17, 15) is 0 Å². The average molecular weight is 164 g/mol. The Morgan fingerprint density at radius 3 is 2.18 bits per heavy atom. The highest BCUT2D eigenvalue weighted by Gasteiger charge is 2.18. The van der Waals surface area contributed by atoms with Gasteiger partial charge in [-0.25, -0.2) is 0 Å². The van der Waals surface area contributed by atoms with Crippen LogP contribution in [0.4, 0.5) is 0 Å². The third-order valence-electron chi connectivity index (χ3n) is 2.47. The van der Waals surface area contributed by atoms with Crippen LogP contribution in [0, 0.1) is 0 Å². The molecule has 0 amide bonds. The van der Waals surface area contributed by atoms with Crippen molar-refractivity contribution >= 4 is 12.6 Å². The Balaban J connectivity index is 2.18. The minimum atomic E-state index is 0.851. The van der Waals surface area contributed by atoms with Crippen molar-refractivity contribution in [2.24, 2.45) is 0 Å². The lowest BCUT2D eigenvalue weighted by Crippen LogP contribution is -2.07. The molecule has 58 valence electrons. The molecular weight excluding hydrogens is 152 g/mol. The van der Waals surface area contributed by atoms with Crippen LogP contribution in [0.25, 0.3) is 0 Å². The quantitative estimate of drug-likeness (QED) is 0.605. The van der Waals surface area contributed by atoms with E-state index in [2.05, 4.69) is 36.9 Å². The third-order valence-corrected chi connectivity index (χ3v) is 2.77. The second-order valence-electron chi connectivity index (χ2n) is 3.22. The van der Waals surface area contributed by atoms with E-state index in [4.69, 9.17) is 0 Å². The Morgan fingerprint density at radius 1 is 1.09 bits per heavy atom. The molecule has 0 heterocycles. The van der Waals surface area contributed by atoms with Gasteiger partial charge in [-0.05, 0) is 36.5 Å². The van der Waals surface area contributed by atoms with Gasteiger partial charge in [0.05, 0.1) is 0 Å². The summed E-state index contributed by atoms with van der Waals surface area (Å²) in [5.74, 6) is 0.851. The molecule has 0 N–H and O–H groups in total. The molecule has 1 aliphatic carbocycles. The zero-order chi connectivity index (χ0) is 7.68. The van der Waals surface area contributed by atoms with Crippen molar-refractivity contribution in [2.75, 3.05) is 0 Å². The van der Waals surface area contributed by atoms with Crippen molar-refractivity contribution in [1.29, 1.82) is 0 Å². The van der Waals surface area contributed by atoms with Gasteiger partial charge >= 0.3 is 0 Å². The Labute approximate surface area is 73.0 Å². The summed E-state index contributed by atoms with van der Waals surface area (Å²) in [5.41, 5.74) is 1.49. The van der Waals surface area contributed by atoms with Gasteiger partial charge in [-0.3, -0.25) is 0 Å². The molecule has 0 aromatic heterocycles. The Hall–Kier alpha value is -0.430. The first-order valence-corrected chi connectivity index (χ1v) is 4.60. The first kappa shape index (κ1) is 7.23.